The smallest absolute Gasteiger partial charge is 0.341 e. The molecule has 0 radical (unpaired) electrons. The van der Waals surface area contributed by atoms with Gasteiger partial charge in [-0.2, -0.15) is 0 Å². The number of aromatic carboxylic acids is 1. The lowest BCUT2D eigenvalue weighted by molar-refractivity contribution is -0.697. The van der Waals surface area contributed by atoms with Crippen LogP contribution in [-0.2, 0) is 41.5 Å². The summed E-state index contributed by atoms with van der Waals surface area (Å²) >= 11 is 0. The third-order valence-electron chi connectivity index (χ3n) is 6.64. The van der Waals surface area contributed by atoms with Crippen LogP contribution in [-0.4, -0.2) is 94.2 Å². The highest BCUT2D eigenvalue weighted by Gasteiger charge is 2.46. The van der Waals surface area contributed by atoms with Gasteiger partial charge in [-0.25, -0.2) is 9.36 Å². The Hall–Kier alpha value is -3.66. The Balaban J connectivity index is 1.91. The zero-order chi connectivity index (χ0) is 30.3. The summed E-state index contributed by atoms with van der Waals surface area (Å²) in [5.74, 6) is -4.02. The van der Waals surface area contributed by atoms with Crippen LogP contribution < -0.4 is 9.67 Å². The van der Waals surface area contributed by atoms with E-state index in [0.29, 0.717) is 11.1 Å². The van der Waals surface area contributed by atoms with Gasteiger partial charge in [0.05, 0.1) is 43.2 Å². The predicted molar refractivity (Wildman–Crippen MR) is 133 cm³/mol. The minimum atomic E-state index is -1.70. The summed E-state index contributed by atoms with van der Waals surface area (Å²) < 4.78 is 23.1. The van der Waals surface area contributed by atoms with Crippen molar-refractivity contribution in [1.29, 1.82) is 0 Å². The van der Waals surface area contributed by atoms with Gasteiger partial charge in [-0.1, -0.05) is 12.2 Å². The topological polar surface area (TPSA) is 216 Å². The number of carbonyl (C=O) groups is 3. The number of carboxylic acid groups (broad SMARTS) is 2. The summed E-state index contributed by atoms with van der Waals surface area (Å²) in [6, 6.07) is 1.38. The van der Waals surface area contributed by atoms with E-state index in [1.54, 1.807) is 16.8 Å². The maximum Gasteiger partial charge on any atom is 0.341 e. The highest BCUT2D eigenvalue weighted by atomic mass is 16.8. The molecule has 2 aliphatic heterocycles. The van der Waals surface area contributed by atoms with Crippen molar-refractivity contribution < 1.29 is 68.5 Å². The molecule has 2 aliphatic rings. The minimum absolute atomic E-state index is 0.0106. The molecule has 5 N–H and O–H groups in total. The molecule has 1 aromatic heterocycles. The lowest BCUT2D eigenvalue weighted by atomic mass is 9.88. The van der Waals surface area contributed by atoms with Gasteiger partial charge in [0.25, 0.3) is 0 Å². The third-order valence-corrected chi connectivity index (χ3v) is 6.64. The van der Waals surface area contributed by atoms with Gasteiger partial charge in [-0.3, -0.25) is 4.79 Å². The van der Waals surface area contributed by atoms with Gasteiger partial charge in [-0.15, -0.1) is 6.58 Å². The van der Waals surface area contributed by atoms with Crippen LogP contribution in [0.3, 0.4) is 0 Å². The number of esters is 1. The van der Waals surface area contributed by atoms with Gasteiger partial charge in [0.1, 0.15) is 37.2 Å². The molecule has 7 atom stereocenters. The van der Waals surface area contributed by atoms with E-state index in [-0.39, 0.29) is 36.9 Å². The predicted octanol–water partition coefficient (Wildman–Crippen LogP) is -2.30. The van der Waals surface area contributed by atoms with Gasteiger partial charge in [0, 0.05) is 12.0 Å². The van der Waals surface area contributed by atoms with Crippen LogP contribution in [0.2, 0.25) is 0 Å². The van der Waals surface area contributed by atoms with Crippen molar-refractivity contribution >= 4 is 17.9 Å². The van der Waals surface area contributed by atoms with Crippen molar-refractivity contribution in [3.05, 3.63) is 65.7 Å². The Morgan fingerprint density at radius 1 is 1.15 bits per heavy atom. The first kappa shape index (κ1) is 31.9. The normalized spacial score (nSPS) is 28.9. The number of hydrogen-bond acceptors (Lipinski definition) is 12. The lowest BCUT2D eigenvalue weighted by Gasteiger charge is -2.42. The number of nitrogens with zero attached hydrogens (tertiary/aromatic N) is 1. The highest BCUT2D eigenvalue weighted by Crippen LogP contribution is 2.35. The van der Waals surface area contributed by atoms with E-state index in [1.165, 1.54) is 25.4 Å². The van der Waals surface area contributed by atoms with Crippen molar-refractivity contribution in [1.82, 2.24) is 0 Å². The monoisotopic (exact) mass is 579 g/mol. The standard InChI is InChI=1S/C27H33NO13/c1-3-16-17(7-6-14-9-15(24(35)36)11-28(10-14)8-4-5-20(30)31)18(25(37)38-2)13-39-26(16)41-27-23(34)22(33)21(32)19(12-29)40-27/h3,7,9-11,13,16,19,21-23,26-27,29,32-34H,1,4-6,8,12H2,2H3,(H-,30,31,35,36)/b17-7+/t16-,19-,21-,22+,23-,26+,27+/m1/s1. The van der Waals surface area contributed by atoms with Crippen molar-refractivity contribution in [2.45, 2.75) is 62.8 Å². The molecule has 0 bridgehead atoms. The second-order valence-electron chi connectivity index (χ2n) is 9.44. The van der Waals surface area contributed by atoms with E-state index in [9.17, 15) is 39.9 Å². The maximum absolute atomic E-state index is 12.6. The Morgan fingerprint density at radius 3 is 2.49 bits per heavy atom. The van der Waals surface area contributed by atoms with Gasteiger partial charge < -0.3 is 54.4 Å². The molecule has 14 heteroatoms. The number of pyridine rings is 1. The molecular formula is C27H33NO13. The van der Waals surface area contributed by atoms with Crippen molar-refractivity contribution in [2.24, 2.45) is 5.92 Å². The van der Waals surface area contributed by atoms with E-state index in [4.69, 9.17) is 24.1 Å². The summed E-state index contributed by atoms with van der Waals surface area (Å²) in [5, 5.41) is 60.5. The molecule has 1 saturated heterocycles. The number of carbonyl (C=O) groups excluding carboxylic acids is 2. The van der Waals surface area contributed by atoms with Gasteiger partial charge >= 0.3 is 11.9 Å². The molecule has 1 aromatic rings. The number of aryl methyl sites for hydroxylation is 1. The largest absolute Gasteiger partial charge is 0.545 e. The SMILES string of the molecule is C=C[C@@H]1/C(=C\Cc2cc(C(=O)[O-])c[n+](CCCC(=O)O)c2)C(C(=O)OC)=CO[C@H]1O[C@@H]1O[C@H](CO)[C@@H](O)[C@H](O)[C@H]1O. The number of methoxy groups -OCH3 is 1. The third kappa shape index (κ3) is 7.75. The van der Waals surface area contributed by atoms with E-state index in [2.05, 4.69) is 6.58 Å². The van der Waals surface area contributed by atoms with Crippen LogP contribution >= 0.6 is 0 Å². The summed E-state index contributed by atoms with van der Waals surface area (Å²) in [7, 11) is 1.17. The van der Waals surface area contributed by atoms with Crippen LogP contribution in [0, 0.1) is 5.92 Å². The fourth-order valence-electron chi connectivity index (χ4n) is 4.50. The zero-order valence-corrected chi connectivity index (χ0v) is 22.2. The quantitative estimate of drug-likeness (QED) is 0.100. The van der Waals surface area contributed by atoms with Gasteiger partial charge in [0.2, 0.25) is 6.29 Å². The highest BCUT2D eigenvalue weighted by molar-refractivity contribution is 5.93. The summed E-state index contributed by atoms with van der Waals surface area (Å²) in [6.07, 6.45) is -1.67. The second kappa shape index (κ2) is 14.3. The van der Waals surface area contributed by atoms with Crippen LogP contribution in [0.25, 0.3) is 0 Å². The minimum Gasteiger partial charge on any atom is -0.545 e. The number of ether oxygens (including phenoxy) is 4. The molecular weight excluding hydrogens is 546 g/mol. The van der Waals surface area contributed by atoms with Gasteiger partial charge in [0.15, 0.2) is 18.7 Å². The summed E-state index contributed by atoms with van der Waals surface area (Å²) in [4.78, 5) is 35.0. The number of aromatic nitrogens is 1. The fourth-order valence-corrected chi connectivity index (χ4v) is 4.50. The summed E-state index contributed by atoms with van der Waals surface area (Å²) in [5.41, 5.74) is 0.705. The summed E-state index contributed by atoms with van der Waals surface area (Å²) in [6.45, 7) is 3.35. The van der Waals surface area contributed by atoms with Gasteiger partial charge in [-0.05, 0) is 18.1 Å². The average Bonchev–Trinajstić information content (AvgIpc) is 2.95. The molecule has 0 aliphatic carbocycles. The molecule has 0 unspecified atom stereocenters. The number of allylic oxidation sites excluding steroid dienone is 1. The van der Waals surface area contributed by atoms with Crippen molar-refractivity contribution in [3.8, 4) is 0 Å². The molecule has 41 heavy (non-hydrogen) atoms. The van der Waals surface area contributed by atoms with Crippen LogP contribution in [0.4, 0.5) is 0 Å². The van der Waals surface area contributed by atoms with E-state index < -0.39 is 67.4 Å². The number of aliphatic hydroxyl groups excluding tert-OH is 4. The molecule has 14 nitrogen and oxygen atoms in total. The molecule has 3 rings (SSSR count). The zero-order valence-electron chi connectivity index (χ0n) is 22.2. The first-order valence-electron chi connectivity index (χ1n) is 12.7. The molecule has 0 aromatic carbocycles. The van der Waals surface area contributed by atoms with E-state index in [1.807, 2.05) is 0 Å². The molecule has 224 valence electrons. The van der Waals surface area contributed by atoms with Crippen molar-refractivity contribution in [2.75, 3.05) is 13.7 Å². The fraction of sp³-hybridized carbons (Fsp3) is 0.481. The molecule has 0 spiro atoms. The number of aliphatic hydroxyl groups is 4. The Kier molecular flexibility index (Phi) is 11.1. The number of carboxylic acids is 2. The molecule has 3 heterocycles. The number of rotatable bonds is 12. The van der Waals surface area contributed by atoms with E-state index >= 15 is 0 Å². The molecule has 0 saturated carbocycles. The first-order valence-corrected chi connectivity index (χ1v) is 12.7. The average molecular weight is 580 g/mol. The maximum atomic E-state index is 12.6. The Morgan fingerprint density at radius 2 is 1.88 bits per heavy atom. The molecule has 0 amide bonds. The van der Waals surface area contributed by atoms with Crippen LogP contribution in [0.5, 0.6) is 0 Å². The second-order valence-corrected chi connectivity index (χ2v) is 9.44. The van der Waals surface area contributed by atoms with Crippen molar-refractivity contribution in [3.63, 3.8) is 0 Å². The lowest BCUT2D eigenvalue weighted by Crippen LogP contribution is -2.60. The first-order chi connectivity index (χ1) is 19.5. The van der Waals surface area contributed by atoms with Crippen LogP contribution in [0.1, 0.15) is 28.8 Å². The number of hydrogen-bond donors (Lipinski definition) is 5. The molecule has 1 fully saturated rings. The Labute approximate surface area is 235 Å². The number of aliphatic carboxylic acids is 1. The van der Waals surface area contributed by atoms with Crippen LogP contribution in [0.15, 0.2) is 54.6 Å². The van der Waals surface area contributed by atoms with E-state index in [0.717, 1.165) is 6.26 Å². The Bertz CT molecular complexity index is 1190.